The van der Waals surface area contributed by atoms with Gasteiger partial charge in [0, 0.05) is 13.1 Å². The zero-order valence-corrected chi connectivity index (χ0v) is 12.4. The average molecular weight is 289 g/mol. The lowest BCUT2D eigenvalue weighted by Crippen LogP contribution is -2.52. The number of imide groups is 1. The summed E-state index contributed by atoms with van der Waals surface area (Å²) in [6.45, 7) is 6.50. The van der Waals surface area contributed by atoms with Crippen LogP contribution in [0.4, 0.5) is 4.79 Å². The second kappa shape index (κ2) is 5.95. The summed E-state index contributed by atoms with van der Waals surface area (Å²) in [5.41, 5.74) is 0.762. The molecule has 0 radical (unpaired) electrons. The third kappa shape index (κ3) is 2.61. The van der Waals surface area contributed by atoms with Crippen LogP contribution in [0.25, 0.3) is 0 Å². The third-order valence-corrected chi connectivity index (χ3v) is 3.60. The smallest absolute Gasteiger partial charge is 0.318 e. The summed E-state index contributed by atoms with van der Waals surface area (Å²) in [6, 6.07) is 6.38. The summed E-state index contributed by atoms with van der Waals surface area (Å²) in [5.74, 6) is -0.745. The van der Waals surface area contributed by atoms with Crippen LogP contribution in [0.5, 0.6) is 0 Å². The molecule has 4 amide bonds. The molecule has 1 unspecified atom stereocenters. The van der Waals surface area contributed by atoms with E-state index in [9.17, 15) is 14.4 Å². The Hall–Kier alpha value is -2.37. The molecule has 1 aromatic carbocycles. The van der Waals surface area contributed by atoms with Crippen LogP contribution < -0.4 is 5.32 Å². The SMILES string of the molecule is CCN(CC)C(=O)NC(C)N1C(=O)c2ccccc2C1=O. The van der Waals surface area contributed by atoms with Crippen LogP contribution in [0.1, 0.15) is 41.5 Å². The highest BCUT2D eigenvalue weighted by Crippen LogP contribution is 2.23. The van der Waals surface area contributed by atoms with E-state index in [-0.39, 0.29) is 17.8 Å². The monoisotopic (exact) mass is 289 g/mol. The van der Waals surface area contributed by atoms with Gasteiger partial charge in [-0.25, -0.2) is 4.79 Å². The molecule has 0 aromatic heterocycles. The Morgan fingerprint density at radius 1 is 1.14 bits per heavy atom. The Morgan fingerprint density at radius 2 is 1.62 bits per heavy atom. The maximum absolute atomic E-state index is 12.3. The first-order valence-electron chi connectivity index (χ1n) is 7.03. The molecule has 1 atom stereocenters. The van der Waals surface area contributed by atoms with Gasteiger partial charge in [-0.1, -0.05) is 12.1 Å². The fourth-order valence-electron chi connectivity index (χ4n) is 2.40. The van der Waals surface area contributed by atoms with Crippen molar-refractivity contribution in [3.63, 3.8) is 0 Å². The molecule has 1 N–H and O–H groups in total. The average Bonchev–Trinajstić information content (AvgIpc) is 2.72. The van der Waals surface area contributed by atoms with Crippen molar-refractivity contribution in [1.82, 2.24) is 15.1 Å². The number of nitrogens with zero attached hydrogens (tertiary/aromatic N) is 2. The molecule has 112 valence electrons. The van der Waals surface area contributed by atoms with Crippen molar-refractivity contribution in [3.8, 4) is 0 Å². The van der Waals surface area contributed by atoms with Gasteiger partial charge in [-0.2, -0.15) is 0 Å². The van der Waals surface area contributed by atoms with Crippen molar-refractivity contribution in [2.75, 3.05) is 13.1 Å². The molecule has 0 saturated carbocycles. The molecule has 0 bridgehead atoms. The molecule has 1 aromatic rings. The number of rotatable bonds is 4. The number of hydrogen-bond acceptors (Lipinski definition) is 3. The molecule has 0 saturated heterocycles. The zero-order valence-electron chi connectivity index (χ0n) is 12.4. The minimum Gasteiger partial charge on any atom is -0.325 e. The molecule has 2 rings (SSSR count). The molecule has 0 aliphatic carbocycles. The summed E-state index contributed by atoms with van der Waals surface area (Å²) in [5, 5.41) is 2.69. The van der Waals surface area contributed by atoms with Gasteiger partial charge in [-0.05, 0) is 32.9 Å². The van der Waals surface area contributed by atoms with E-state index in [4.69, 9.17) is 0 Å². The van der Waals surface area contributed by atoms with Gasteiger partial charge >= 0.3 is 6.03 Å². The van der Waals surface area contributed by atoms with E-state index in [1.807, 2.05) is 13.8 Å². The number of carbonyl (C=O) groups is 3. The van der Waals surface area contributed by atoms with Crippen LogP contribution in [-0.2, 0) is 0 Å². The fraction of sp³-hybridized carbons (Fsp3) is 0.400. The van der Waals surface area contributed by atoms with Crippen molar-refractivity contribution in [3.05, 3.63) is 35.4 Å². The zero-order chi connectivity index (χ0) is 15.6. The highest BCUT2D eigenvalue weighted by Gasteiger charge is 2.38. The summed E-state index contributed by atoms with van der Waals surface area (Å²) < 4.78 is 0. The van der Waals surface area contributed by atoms with Gasteiger partial charge in [0.2, 0.25) is 0 Å². The maximum Gasteiger partial charge on any atom is 0.318 e. The Kier molecular flexibility index (Phi) is 4.26. The Balaban J connectivity index is 2.15. The number of hydrogen-bond donors (Lipinski definition) is 1. The number of nitrogens with one attached hydrogen (secondary N) is 1. The van der Waals surface area contributed by atoms with Crippen LogP contribution in [0, 0.1) is 0 Å². The predicted molar refractivity (Wildman–Crippen MR) is 77.9 cm³/mol. The second-order valence-electron chi connectivity index (χ2n) is 4.82. The standard InChI is InChI=1S/C15H19N3O3/c1-4-17(5-2)15(21)16-10(3)18-13(19)11-8-6-7-9-12(11)14(18)20/h6-10H,4-5H2,1-3H3,(H,16,21). The molecule has 0 fully saturated rings. The Morgan fingerprint density at radius 3 is 2.05 bits per heavy atom. The van der Waals surface area contributed by atoms with Gasteiger partial charge in [0.15, 0.2) is 0 Å². The van der Waals surface area contributed by atoms with E-state index >= 15 is 0 Å². The minimum absolute atomic E-state index is 0.288. The summed E-state index contributed by atoms with van der Waals surface area (Å²) in [6.07, 6.45) is -0.689. The topological polar surface area (TPSA) is 69.7 Å². The minimum atomic E-state index is -0.689. The number of urea groups is 1. The molecule has 6 heteroatoms. The molecule has 1 heterocycles. The van der Waals surface area contributed by atoms with Crippen molar-refractivity contribution in [2.24, 2.45) is 0 Å². The first-order chi connectivity index (χ1) is 10.0. The Labute approximate surface area is 123 Å². The van der Waals surface area contributed by atoms with Crippen LogP contribution in [0.3, 0.4) is 0 Å². The number of fused-ring (bicyclic) bond motifs is 1. The van der Waals surface area contributed by atoms with Gasteiger partial charge in [0.1, 0.15) is 6.17 Å². The fourth-order valence-corrected chi connectivity index (χ4v) is 2.40. The van der Waals surface area contributed by atoms with Crippen molar-refractivity contribution >= 4 is 17.8 Å². The van der Waals surface area contributed by atoms with Gasteiger partial charge in [0.05, 0.1) is 11.1 Å². The normalized spacial score (nSPS) is 14.9. The van der Waals surface area contributed by atoms with Crippen molar-refractivity contribution in [2.45, 2.75) is 26.9 Å². The van der Waals surface area contributed by atoms with Gasteiger partial charge in [0.25, 0.3) is 11.8 Å². The molecule has 21 heavy (non-hydrogen) atoms. The van der Waals surface area contributed by atoms with Crippen LogP contribution in [0.2, 0.25) is 0 Å². The van der Waals surface area contributed by atoms with Crippen LogP contribution in [-0.4, -0.2) is 46.9 Å². The van der Waals surface area contributed by atoms with Crippen molar-refractivity contribution in [1.29, 1.82) is 0 Å². The van der Waals surface area contributed by atoms with Crippen LogP contribution >= 0.6 is 0 Å². The highest BCUT2D eigenvalue weighted by molar-refractivity contribution is 6.21. The maximum atomic E-state index is 12.3. The largest absolute Gasteiger partial charge is 0.325 e. The third-order valence-electron chi connectivity index (χ3n) is 3.60. The lowest BCUT2D eigenvalue weighted by Gasteiger charge is -2.27. The molecular weight excluding hydrogens is 270 g/mol. The predicted octanol–water partition coefficient (Wildman–Crippen LogP) is 1.68. The second-order valence-corrected chi connectivity index (χ2v) is 4.82. The van der Waals surface area contributed by atoms with Gasteiger partial charge < -0.3 is 10.2 Å². The lowest BCUT2D eigenvalue weighted by molar-refractivity contribution is 0.0574. The van der Waals surface area contributed by atoms with E-state index in [0.717, 1.165) is 4.90 Å². The Bertz CT molecular complexity index is 546. The summed E-state index contributed by atoms with van der Waals surface area (Å²) >= 11 is 0. The summed E-state index contributed by atoms with van der Waals surface area (Å²) in [7, 11) is 0. The molecule has 1 aliphatic rings. The molecule has 6 nitrogen and oxygen atoms in total. The lowest BCUT2D eigenvalue weighted by atomic mass is 10.1. The van der Waals surface area contributed by atoms with Gasteiger partial charge in [-0.15, -0.1) is 0 Å². The number of benzene rings is 1. The van der Waals surface area contributed by atoms with E-state index in [1.165, 1.54) is 0 Å². The molecular formula is C15H19N3O3. The number of carbonyl (C=O) groups excluding carboxylic acids is 3. The first-order valence-corrected chi connectivity index (χ1v) is 7.03. The quantitative estimate of drug-likeness (QED) is 0.857. The summed E-state index contributed by atoms with van der Waals surface area (Å²) in [4.78, 5) is 39.3. The van der Waals surface area contributed by atoms with E-state index in [0.29, 0.717) is 24.2 Å². The molecule has 1 aliphatic heterocycles. The highest BCUT2D eigenvalue weighted by atomic mass is 16.2. The molecule has 0 spiro atoms. The van der Waals surface area contributed by atoms with E-state index in [1.54, 1.807) is 36.1 Å². The van der Waals surface area contributed by atoms with Gasteiger partial charge in [-0.3, -0.25) is 14.5 Å². The first kappa shape index (κ1) is 15.0. The number of amides is 4. The van der Waals surface area contributed by atoms with Crippen LogP contribution in [0.15, 0.2) is 24.3 Å². The van der Waals surface area contributed by atoms with Crippen molar-refractivity contribution < 1.29 is 14.4 Å². The van der Waals surface area contributed by atoms with E-state index in [2.05, 4.69) is 5.32 Å². The van der Waals surface area contributed by atoms with E-state index < -0.39 is 6.17 Å².